The number of pyridine rings is 1. The van der Waals surface area contributed by atoms with Gasteiger partial charge in [0.05, 0.1) is 22.5 Å². The Morgan fingerprint density at radius 2 is 1.90 bits per heavy atom. The first-order valence-corrected chi connectivity index (χ1v) is 15.6. The van der Waals surface area contributed by atoms with Crippen molar-refractivity contribution in [3.8, 4) is 11.1 Å². The Morgan fingerprint density at radius 1 is 1.12 bits per heavy atom. The van der Waals surface area contributed by atoms with Gasteiger partial charge in [0.25, 0.3) is 6.43 Å². The van der Waals surface area contributed by atoms with Gasteiger partial charge in [0.2, 0.25) is 5.91 Å². The first-order chi connectivity index (χ1) is 20.0. The highest BCUT2D eigenvalue weighted by Gasteiger charge is 2.32. The van der Waals surface area contributed by atoms with Crippen LogP contribution in [0, 0.1) is 12.8 Å². The van der Waals surface area contributed by atoms with Crippen LogP contribution in [0.15, 0.2) is 35.4 Å². The molecule has 4 heterocycles. The number of alkyl halides is 2. The van der Waals surface area contributed by atoms with Gasteiger partial charge in [-0.15, -0.1) is 0 Å². The van der Waals surface area contributed by atoms with Crippen molar-refractivity contribution < 1.29 is 26.7 Å². The van der Waals surface area contributed by atoms with Crippen molar-refractivity contribution in [3.63, 3.8) is 0 Å². The number of nitrogens with one attached hydrogen (secondary N) is 2. The van der Waals surface area contributed by atoms with E-state index in [4.69, 9.17) is 4.74 Å². The fraction of sp³-hybridized carbons (Fsp3) is 0.429. The maximum atomic E-state index is 14.3. The number of nitrogens with zero attached hydrogens (tertiary/aromatic N) is 5. The van der Waals surface area contributed by atoms with Crippen LogP contribution in [0.4, 0.5) is 26.0 Å². The fourth-order valence-corrected chi connectivity index (χ4v) is 6.06. The number of imidazole rings is 1. The predicted molar refractivity (Wildman–Crippen MR) is 152 cm³/mol. The molecule has 1 aliphatic heterocycles. The van der Waals surface area contributed by atoms with Crippen LogP contribution in [0.3, 0.4) is 0 Å². The third kappa shape index (κ3) is 5.36. The Labute approximate surface area is 241 Å². The van der Waals surface area contributed by atoms with E-state index in [0.29, 0.717) is 18.6 Å². The summed E-state index contributed by atoms with van der Waals surface area (Å²) in [5.74, 6) is -0.704. The van der Waals surface area contributed by atoms with Crippen LogP contribution in [0.2, 0.25) is 0 Å². The highest BCUT2D eigenvalue weighted by Crippen LogP contribution is 2.39. The summed E-state index contributed by atoms with van der Waals surface area (Å²) in [6.45, 7) is 2.30. The highest BCUT2D eigenvalue weighted by atomic mass is 32.2. The molecule has 11 nitrogen and oxygen atoms in total. The number of hydrogen-bond acceptors (Lipinski definition) is 8. The Hall–Kier alpha value is -3.91. The van der Waals surface area contributed by atoms with Gasteiger partial charge < -0.3 is 15.4 Å². The second kappa shape index (κ2) is 10.7. The highest BCUT2D eigenvalue weighted by molar-refractivity contribution is 7.90. The molecule has 2 N–H and O–H groups in total. The Morgan fingerprint density at radius 3 is 2.52 bits per heavy atom. The zero-order valence-corrected chi connectivity index (χ0v) is 24.2. The van der Waals surface area contributed by atoms with E-state index >= 15 is 0 Å². The number of hydrogen-bond donors (Lipinski definition) is 2. The lowest BCUT2D eigenvalue weighted by molar-refractivity contribution is -0.117. The quantitative estimate of drug-likeness (QED) is 0.280. The van der Waals surface area contributed by atoms with Crippen LogP contribution in [0.5, 0.6) is 0 Å². The van der Waals surface area contributed by atoms with Crippen LogP contribution >= 0.6 is 0 Å². The minimum Gasteiger partial charge on any atom is -0.358 e. The number of rotatable bonds is 8. The molecule has 1 aromatic carbocycles. The number of fused-ring (bicyclic) bond motifs is 1. The van der Waals surface area contributed by atoms with E-state index in [1.807, 2.05) is 6.92 Å². The lowest BCUT2D eigenvalue weighted by Crippen LogP contribution is -2.21. The lowest BCUT2D eigenvalue weighted by Gasteiger charge is -2.25. The third-order valence-electron chi connectivity index (χ3n) is 7.71. The molecule has 14 heteroatoms. The number of aryl methyl sites for hydroxylation is 1. The number of anilines is 3. The van der Waals surface area contributed by atoms with Crippen LogP contribution in [0.25, 0.3) is 22.3 Å². The summed E-state index contributed by atoms with van der Waals surface area (Å²) in [6.07, 6.45) is 2.79. The predicted octanol–water partition coefficient (Wildman–Crippen LogP) is 5.27. The molecule has 6 rings (SSSR count). The first kappa shape index (κ1) is 28.2. The van der Waals surface area contributed by atoms with E-state index in [1.165, 1.54) is 10.6 Å². The molecule has 42 heavy (non-hydrogen) atoms. The normalized spacial score (nSPS) is 17.6. The van der Waals surface area contributed by atoms with Crippen molar-refractivity contribution in [1.29, 1.82) is 0 Å². The minimum absolute atomic E-state index is 0.000843. The van der Waals surface area contributed by atoms with Gasteiger partial charge in [-0.05, 0) is 56.7 Å². The van der Waals surface area contributed by atoms with Gasteiger partial charge >= 0.3 is 0 Å². The number of ether oxygens (including phenoxy) is 1. The van der Waals surface area contributed by atoms with Gasteiger partial charge in [-0.2, -0.15) is 5.10 Å². The molecule has 1 aliphatic carbocycles. The second-order valence-electron chi connectivity index (χ2n) is 10.8. The van der Waals surface area contributed by atoms with E-state index in [2.05, 4.69) is 25.7 Å². The molecular formula is C28H31F2N7O4S. The van der Waals surface area contributed by atoms with E-state index in [-0.39, 0.29) is 45.1 Å². The van der Waals surface area contributed by atoms with Crippen LogP contribution in [0.1, 0.15) is 56.3 Å². The lowest BCUT2D eigenvalue weighted by atomic mass is 10.1. The molecule has 1 unspecified atom stereocenters. The largest absolute Gasteiger partial charge is 0.358 e. The monoisotopic (exact) mass is 599 g/mol. The molecule has 2 fully saturated rings. The maximum absolute atomic E-state index is 14.3. The van der Waals surface area contributed by atoms with Crippen molar-refractivity contribution in [1.82, 2.24) is 24.3 Å². The van der Waals surface area contributed by atoms with Crippen molar-refractivity contribution in [2.24, 2.45) is 13.0 Å². The average molecular weight is 600 g/mol. The van der Waals surface area contributed by atoms with Gasteiger partial charge in [-0.1, -0.05) is 6.07 Å². The number of sulfone groups is 1. The van der Waals surface area contributed by atoms with Crippen molar-refractivity contribution in [2.45, 2.75) is 56.6 Å². The molecule has 1 atom stereocenters. The summed E-state index contributed by atoms with van der Waals surface area (Å²) < 4.78 is 63.4. The number of benzene rings is 1. The fourth-order valence-electron chi connectivity index (χ4n) is 5.21. The number of carbonyl (C=O) groups is 1. The third-order valence-corrected chi connectivity index (χ3v) is 8.85. The molecule has 4 aromatic rings. The molecular weight excluding hydrogens is 568 g/mol. The molecule has 1 saturated carbocycles. The Kier molecular flexibility index (Phi) is 7.21. The average Bonchev–Trinajstić information content (AvgIpc) is 3.66. The number of aromatic nitrogens is 5. The summed E-state index contributed by atoms with van der Waals surface area (Å²) in [5.41, 5.74) is 2.94. The summed E-state index contributed by atoms with van der Waals surface area (Å²) in [6, 6.07) is 6.41. The van der Waals surface area contributed by atoms with Crippen molar-refractivity contribution in [3.05, 3.63) is 42.0 Å². The van der Waals surface area contributed by atoms with E-state index in [9.17, 15) is 22.0 Å². The van der Waals surface area contributed by atoms with Crippen LogP contribution in [-0.4, -0.2) is 51.5 Å². The molecule has 2 aliphatic rings. The van der Waals surface area contributed by atoms with Crippen molar-refractivity contribution >= 4 is 44.1 Å². The van der Waals surface area contributed by atoms with E-state index < -0.39 is 28.3 Å². The zero-order valence-electron chi connectivity index (χ0n) is 23.4. The minimum atomic E-state index is -3.75. The van der Waals surface area contributed by atoms with Crippen molar-refractivity contribution in [2.75, 3.05) is 23.5 Å². The molecule has 1 amide bonds. The second-order valence-corrected chi connectivity index (χ2v) is 12.8. The Bertz CT molecular complexity index is 1790. The summed E-state index contributed by atoms with van der Waals surface area (Å²) in [7, 11) is -1.95. The Balaban J connectivity index is 1.50. The number of carbonyl (C=O) groups excluding carboxylic acids is 1. The van der Waals surface area contributed by atoms with E-state index in [1.54, 1.807) is 36.1 Å². The summed E-state index contributed by atoms with van der Waals surface area (Å²) in [5, 5.41) is 10.1. The van der Waals surface area contributed by atoms with E-state index in [0.717, 1.165) is 43.2 Å². The van der Waals surface area contributed by atoms with Gasteiger partial charge in [-0.3, -0.25) is 14.0 Å². The number of halogens is 2. The van der Waals surface area contributed by atoms with Gasteiger partial charge in [0, 0.05) is 43.2 Å². The van der Waals surface area contributed by atoms with Gasteiger partial charge in [0.15, 0.2) is 21.3 Å². The van der Waals surface area contributed by atoms with Gasteiger partial charge in [-0.25, -0.2) is 27.2 Å². The van der Waals surface area contributed by atoms with Crippen LogP contribution < -0.4 is 10.6 Å². The summed E-state index contributed by atoms with van der Waals surface area (Å²) >= 11 is 0. The zero-order chi connectivity index (χ0) is 29.8. The summed E-state index contributed by atoms with van der Waals surface area (Å²) in [4.78, 5) is 21.4. The topological polar surface area (TPSA) is 133 Å². The molecule has 222 valence electrons. The smallest absolute Gasteiger partial charge is 0.295 e. The van der Waals surface area contributed by atoms with Crippen LogP contribution in [-0.2, 0) is 26.4 Å². The molecule has 1 saturated heterocycles. The standard InChI is InChI=1S/C28H31F2N7O4S/c1-15-18(14-31-36(15)2)17-9-10-19(21(12-17)42(3,39)40)32-20-13-22(34-28(38)16-7-8-16)33-26-24(20)35-27(25(29)30)37(26)23-6-4-5-11-41-23/h9-10,12-14,16,23,25H,4-8,11H2,1-3H3,(H2,32,33,34,38). The molecule has 3 aromatic heterocycles. The molecule has 0 spiro atoms. The maximum Gasteiger partial charge on any atom is 0.295 e. The SMILES string of the molecule is Cc1c(-c2ccc(Nc3cc(NC(=O)C4CC4)nc4c3nc(C(F)F)n4C3CCCCO3)c(S(C)(=O)=O)c2)cnn1C. The first-order valence-electron chi connectivity index (χ1n) is 13.7. The molecule has 0 radical (unpaired) electrons. The number of amides is 1. The molecule has 0 bridgehead atoms. The van der Waals surface area contributed by atoms with Gasteiger partial charge in [0.1, 0.15) is 17.6 Å².